The highest BCUT2D eigenvalue weighted by atomic mass is 14.7. The largest absolute Gasteiger partial charge is 0.237 e. The van der Waals surface area contributed by atoms with E-state index in [9.17, 15) is 31.6 Å². The zero-order valence-electron chi connectivity index (χ0n) is 40.7. The lowest BCUT2D eigenvalue weighted by atomic mass is 9.77. The summed E-state index contributed by atoms with van der Waals surface area (Å²) in [6.45, 7) is 17.3. The number of benzene rings is 12. The Morgan fingerprint density at radius 3 is 0.974 bits per heavy atom. The Bertz CT molecular complexity index is 4910. The van der Waals surface area contributed by atoms with Gasteiger partial charge in [0.05, 0.1) is 71.8 Å². The van der Waals surface area contributed by atoms with Crippen LogP contribution in [0.1, 0.15) is 33.4 Å². The fourth-order valence-corrected chi connectivity index (χ4v) is 12.7. The summed E-state index contributed by atoms with van der Waals surface area (Å²) in [7, 11) is 0. The van der Waals surface area contributed by atoms with Crippen LogP contribution in [0.3, 0.4) is 0 Å². The number of hydrogen-bond acceptors (Lipinski definition) is 6. The Hall–Kier alpha value is -12.1. The molecule has 8 nitrogen and oxygen atoms in total. The molecule has 12 aromatic rings. The highest BCUT2D eigenvalue weighted by Gasteiger charge is 2.36. The first-order chi connectivity index (χ1) is 38.4. The van der Waals surface area contributed by atoms with E-state index < -0.39 is 0 Å². The molecule has 0 spiro atoms. The van der Waals surface area contributed by atoms with Gasteiger partial charge in [0, 0.05) is 22.3 Å². The van der Waals surface area contributed by atoms with E-state index in [-0.39, 0.29) is 5.69 Å². The summed E-state index contributed by atoms with van der Waals surface area (Å²) in [4.78, 5) is 8.17. The summed E-state index contributed by atoms with van der Waals surface area (Å²) in [6.07, 6.45) is 0. The molecule has 0 amide bonds. The monoisotopic (exact) mass is 980 g/mol. The maximum atomic E-state index is 11.1. The SMILES string of the molecule is [C-]#[N+]c1cc(C#N)ccc1-c1c2c(c(-c3ccc(C#N)cc3[N+]#[C-])c3c1ccc1c3ccc3c(-c4ccc(C#N)cc4C#N)c4c(c(-c5ccc(C#N)cc5C#N)c31)-c1cccc3cccc-4c13)-c1cccc3cccc-2c13. The molecule has 8 heteroatoms. The van der Waals surface area contributed by atoms with Gasteiger partial charge in [-0.3, -0.25) is 0 Å². The summed E-state index contributed by atoms with van der Waals surface area (Å²) in [6, 6.07) is 67.7. The summed E-state index contributed by atoms with van der Waals surface area (Å²) >= 11 is 0. The van der Waals surface area contributed by atoms with Gasteiger partial charge in [0.1, 0.15) is 0 Å². The molecule has 14 rings (SSSR count). The third-order valence-corrected chi connectivity index (χ3v) is 15.7. The van der Waals surface area contributed by atoms with E-state index >= 15 is 0 Å². The molecule has 12 aromatic carbocycles. The van der Waals surface area contributed by atoms with Crippen molar-refractivity contribution in [1.29, 1.82) is 31.6 Å². The molecule has 0 fully saturated rings. The second-order valence-corrected chi connectivity index (χ2v) is 19.4. The molecule has 348 valence electrons. The first kappa shape index (κ1) is 44.6. The molecule has 0 saturated heterocycles. The van der Waals surface area contributed by atoms with E-state index in [2.05, 4.69) is 119 Å². The van der Waals surface area contributed by atoms with E-state index in [0.29, 0.717) is 61.3 Å². The van der Waals surface area contributed by atoms with E-state index in [4.69, 9.17) is 13.1 Å². The molecule has 0 saturated carbocycles. The first-order valence-corrected chi connectivity index (χ1v) is 24.7. The quantitative estimate of drug-likeness (QED) is 0.126. The first-order valence-electron chi connectivity index (χ1n) is 24.7. The van der Waals surface area contributed by atoms with Gasteiger partial charge in [-0.05, 0) is 180 Å². The second kappa shape index (κ2) is 16.7. The van der Waals surface area contributed by atoms with Crippen LogP contribution < -0.4 is 0 Å². The lowest BCUT2D eigenvalue weighted by Crippen LogP contribution is -1.99. The zero-order chi connectivity index (χ0) is 53.1. The minimum absolute atomic E-state index is 0.277. The van der Waals surface area contributed by atoms with Gasteiger partial charge in [0.25, 0.3) is 0 Å². The van der Waals surface area contributed by atoms with Crippen LogP contribution in [0.5, 0.6) is 0 Å². The molecule has 0 aromatic heterocycles. The van der Waals surface area contributed by atoms with E-state index in [1.807, 2.05) is 48.5 Å². The van der Waals surface area contributed by atoms with Gasteiger partial charge in [-0.1, -0.05) is 121 Å². The number of hydrogen-bond donors (Lipinski definition) is 0. The maximum Gasteiger partial charge on any atom is 0.196 e. The maximum absolute atomic E-state index is 11.1. The zero-order valence-corrected chi connectivity index (χ0v) is 40.7. The van der Waals surface area contributed by atoms with Crippen molar-refractivity contribution in [3.8, 4) is 125 Å². The van der Waals surface area contributed by atoms with Crippen LogP contribution in [0.25, 0.3) is 153 Å². The van der Waals surface area contributed by atoms with Gasteiger partial charge in [0.15, 0.2) is 11.4 Å². The predicted molar refractivity (Wildman–Crippen MR) is 305 cm³/mol. The molecular weight excluding hydrogens is 953 g/mol. The van der Waals surface area contributed by atoms with Crippen molar-refractivity contribution >= 4 is 65.2 Å². The predicted octanol–water partition coefficient (Wildman–Crippen LogP) is 17.7. The van der Waals surface area contributed by atoms with Gasteiger partial charge in [-0.15, -0.1) is 0 Å². The number of nitrogens with zero attached hydrogens (tertiary/aromatic N) is 8. The van der Waals surface area contributed by atoms with Crippen molar-refractivity contribution in [2.75, 3.05) is 0 Å². The van der Waals surface area contributed by atoms with Crippen LogP contribution in [0, 0.1) is 81.1 Å². The molecule has 2 aliphatic carbocycles. The summed E-state index contributed by atoms with van der Waals surface area (Å²) in [5.41, 5.74) is 15.2. The molecule has 0 N–H and O–H groups in total. The van der Waals surface area contributed by atoms with Crippen molar-refractivity contribution in [1.82, 2.24) is 0 Å². The lowest BCUT2D eigenvalue weighted by molar-refractivity contribution is 1.44. The van der Waals surface area contributed by atoms with Gasteiger partial charge >= 0.3 is 0 Å². The Morgan fingerprint density at radius 1 is 0.269 bits per heavy atom. The smallest absolute Gasteiger partial charge is 0.196 e. The van der Waals surface area contributed by atoms with Crippen LogP contribution in [0.4, 0.5) is 11.4 Å². The van der Waals surface area contributed by atoms with Crippen LogP contribution in [-0.2, 0) is 0 Å². The minimum atomic E-state index is 0.277. The van der Waals surface area contributed by atoms with Crippen LogP contribution in [0.2, 0.25) is 0 Å². The van der Waals surface area contributed by atoms with Crippen molar-refractivity contribution < 1.29 is 0 Å². The third kappa shape index (κ3) is 5.95. The topological polar surface area (TPSA) is 151 Å². The highest BCUT2D eigenvalue weighted by molar-refractivity contribution is 6.37. The molecule has 0 bridgehead atoms. The Kier molecular flexibility index (Phi) is 9.54. The molecule has 0 aliphatic heterocycles. The van der Waals surface area contributed by atoms with Gasteiger partial charge in [-0.25, -0.2) is 9.69 Å². The Labute approximate surface area is 446 Å². The van der Waals surface area contributed by atoms with Gasteiger partial charge in [0.2, 0.25) is 0 Å². The number of nitriles is 6. The summed E-state index contributed by atoms with van der Waals surface area (Å²) in [5, 5.41) is 71.4. The normalized spacial score (nSPS) is 11.2. The number of rotatable bonds is 4. The average molecular weight is 981 g/mol. The van der Waals surface area contributed by atoms with Gasteiger partial charge in [-0.2, -0.15) is 31.6 Å². The van der Waals surface area contributed by atoms with E-state index in [1.165, 1.54) is 0 Å². The second-order valence-electron chi connectivity index (χ2n) is 19.4. The van der Waals surface area contributed by atoms with Crippen LogP contribution >= 0.6 is 0 Å². The minimum Gasteiger partial charge on any atom is -0.237 e. The fraction of sp³-hybridized carbons (Fsp3) is 0. The van der Waals surface area contributed by atoms with Crippen LogP contribution in [0.15, 0.2) is 170 Å². The number of fused-ring (bicyclic) bond motifs is 11. The fourth-order valence-electron chi connectivity index (χ4n) is 12.7. The van der Waals surface area contributed by atoms with Crippen molar-refractivity contribution in [3.05, 3.63) is 226 Å². The summed E-state index contributed by atoms with van der Waals surface area (Å²) < 4.78 is 0. The Morgan fingerprint density at radius 2 is 0.590 bits per heavy atom. The van der Waals surface area contributed by atoms with Crippen molar-refractivity contribution in [2.45, 2.75) is 0 Å². The average Bonchev–Trinajstić information content (AvgIpc) is 3.83. The molecule has 0 radical (unpaired) electrons. The van der Waals surface area contributed by atoms with Crippen molar-refractivity contribution in [3.63, 3.8) is 0 Å². The Balaban J connectivity index is 1.29. The molecule has 78 heavy (non-hydrogen) atoms. The summed E-state index contributed by atoms with van der Waals surface area (Å²) in [5.74, 6) is 0. The standard InChI is InChI=1S/C70H28N8/c1-77-57-29-39(33-73)17-21-49(57)64-56-26-24-47-48(63(56)66(50-22-18-40(34-74)30-58(50)78-2)70-54-14-6-10-42-8-4-12-52(60(42)54)68(64)70)23-25-55-61(45-19-15-37(31-71)27-43(45)35-75)67-51-11-3-7-41-9-5-13-53(59(41)51)69(67)65(62(47)55)46-20-16-38(32-72)28-44(46)36-76/h3-30H. The lowest BCUT2D eigenvalue weighted by Gasteiger charge is -2.25. The van der Waals surface area contributed by atoms with Gasteiger partial charge < -0.3 is 0 Å². The molecule has 0 atom stereocenters. The molecule has 2 aliphatic rings. The third-order valence-electron chi connectivity index (χ3n) is 15.7. The van der Waals surface area contributed by atoms with E-state index in [0.717, 1.165) is 121 Å². The van der Waals surface area contributed by atoms with Crippen molar-refractivity contribution in [2.24, 2.45) is 0 Å². The molecular formula is C70H28N8. The molecule has 0 unspecified atom stereocenters. The highest BCUT2D eigenvalue weighted by Crippen LogP contribution is 2.63. The van der Waals surface area contributed by atoms with E-state index in [1.54, 1.807) is 48.5 Å². The molecule has 0 heterocycles. The van der Waals surface area contributed by atoms with Crippen LogP contribution in [-0.4, -0.2) is 0 Å².